The first kappa shape index (κ1) is 25.4. The molecule has 0 atom stereocenters. The van der Waals surface area contributed by atoms with Gasteiger partial charge in [0.2, 0.25) is 5.91 Å². The van der Waals surface area contributed by atoms with Crippen LogP contribution in [-0.2, 0) is 11.3 Å². The predicted molar refractivity (Wildman–Crippen MR) is 139 cm³/mol. The molecule has 0 bridgehead atoms. The number of nitrogens with zero attached hydrogens (tertiary/aromatic N) is 1. The van der Waals surface area contributed by atoms with Crippen LogP contribution in [0.4, 0.5) is 0 Å². The molecule has 2 heteroatoms. The minimum atomic E-state index is 0.112. The van der Waals surface area contributed by atoms with Crippen molar-refractivity contribution in [1.29, 1.82) is 0 Å². The first-order valence-electron chi connectivity index (χ1n) is 11.7. The van der Waals surface area contributed by atoms with Crippen molar-refractivity contribution in [3.05, 3.63) is 102 Å². The fourth-order valence-electron chi connectivity index (χ4n) is 4.03. The number of carbonyl (C=O) groups is 1. The molecule has 0 heterocycles. The number of benzene rings is 1. The van der Waals surface area contributed by atoms with Crippen LogP contribution < -0.4 is 0 Å². The summed E-state index contributed by atoms with van der Waals surface area (Å²) in [6.45, 7) is 16.7. The molecule has 1 aliphatic rings. The van der Waals surface area contributed by atoms with Gasteiger partial charge in [-0.1, -0.05) is 92.1 Å². The van der Waals surface area contributed by atoms with Gasteiger partial charge in [0.25, 0.3) is 0 Å². The summed E-state index contributed by atoms with van der Waals surface area (Å²) in [4.78, 5) is 15.5. The Balaban J connectivity index is 2.35. The number of hydrogen-bond acceptors (Lipinski definition) is 1. The normalized spacial score (nSPS) is 15.5. The van der Waals surface area contributed by atoms with Crippen molar-refractivity contribution in [3.8, 4) is 0 Å². The summed E-state index contributed by atoms with van der Waals surface area (Å²) in [6.07, 6.45) is 17.6. The Bertz CT molecular complexity index is 914. The predicted octanol–water partition coefficient (Wildman–Crippen LogP) is 8.17. The van der Waals surface area contributed by atoms with Gasteiger partial charge in [-0.15, -0.1) is 0 Å². The highest BCUT2D eigenvalue weighted by atomic mass is 16.2. The summed E-state index contributed by atoms with van der Waals surface area (Å²) in [7, 11) is 0. The second-order valence-electron chi connectivity index (χ2n) is 8.94. The lowest BCUT2D eigenvalue weighted by atomic mass is 9.88. The summed E-state index contributed by atoms with van der Waals surface area (Å²) in [5.41, 5.74) is 6.42. The van der Waals surface area contributed by atoms with Crippen LogP contribution >= 0.6 is 0 Å². The maximum Gasteiger partial charge on any atom is 0.230 e. The average molecular weight is 430 g/mol. The Labute approximate surface area is 195 Å². The molecule has 1 aromatic rings. The van der Waals surface area contributed by atoms with E-state index in [9.17, 15) is 4.79 Å². The third-order valence-corrected chi connectivity index (χ3v) is 5.71. The molecule has 0 aromatic heterocycles. The molecule has 1 aromatic carbocycles. The Morgan fingerprint density at radius 1 is 1.06 bits per heavy atom. The zero-order valence-electron chi connectivity index (χ0n) is 20.4. The van der Waals surface area contributed by atoms with Gasteiger partial charge in [0.15, 0.2) is 0 Å². The smallest absolute Gasteiger partial charge is 0.230 e. The molecule has 1 saturated carbocycles. The summed E-state index contributed by atoms with van der Waals surface area (Å²) >= 11 is 0. The number of allylic oxidation sites excluding steroid dienone is 9. The van der Waals surface area contributed by atoms with Gasteiger partial charge in [-0.05, 0) is 69.4 Å². The van der Waals surface area contributed by atoms with Crippen molar-refractivity contribution in [2.24, 2.45) is 5.92 Å². The van der Waals surface area contributed by atoms with E-state index in [1.807, 2.05) is 43.1 Å². The SMILES string of the molecule is C=C/C(=C\C=C(C)C)c1ccc(CN(C(=O)C2CCCCC2)C(/C=C\C)=C/C(=C)C)cc1. The van der Waals surface area contributed by atoms with E-state index in [0.717, 1.165) is 53.7 Å². The molecule has 2 nitrogen and oxygen atoms in total. The van der Waals surface area contributed by atoms with Crippen molar-refractivity contribution < 1.29 is 4.79 Å². The fourth-order valence-corrected chi connectivity index (χ4v) is 4.03. The quantitative estimate of drug-likeness (QED) is 0.362. The minimum absolute atomic E-state index is 0.112. The molecule has 0 aliphatic heterocycles. The third-order valence-electron chi connectivity index (χ3n) is 5.71. The van der Waals surface area contributed by atoms with Crippen molar-refractivity contribution in [1.82, 2.24) is 4.90 Å². The van der Waals surface area contributed by atoms with Gasteiger partial charge >= 0.3 is 0 Å². The molecule has 2 rings (SSSR count). The van der Waals surface area contributed by atoms with Crippen molar-refractivity contribution in [3.63, 3.8) is 0 Å². The van der Waals surface area contributed by atoms with E-state index in [-0.39, 0.29) is 11.8 Å². The zero-order valence-corrected chi connectivity index (χ0v) is 20.4. The molecule has 32 heavy (non-hydrogen) atoms. The van der Waals surface area contributed by atoms with Crippen LogP contribution in [0.15, 0.2) is 90.7 Å². The number of hydrogen-bond donors (Lipinski definition) is 0. The van der Waals surface area contributed by atoms with Gasteiger partial charge in [0, 0.05) is 11.6 Å². The monoisotopic (exact) mass is 429 g/mol. The summed E-state index contributed by atoms with van der Waals surface area (Å²) < 4.78 is 0. The molecule has 1 fully saturated rings. The summed E-state index contributed by atoms with van der Waals surface area (Å²) in [5.74, 6) is 0.343. The van der Waals surface area contributed by atoms with Gasteiger partial charge in [-0.25, -0.2) is 0 Å². The highest BCUT2D eigenvalue weighted by Crippen LogP contribution is 2.28. The fraction of sp³-hybridized carbons (Fsp3) is 0.367. The van der Waals surface area contributed by atoms with Gasteiger partial charge in [0.1, 0.15) is 0 Å². The maximum atomic E-state index is 13.6. The van der Waals surface area contributed by atoms with Crippen LogP contribution in [0.25, 0.3) is 5.57 Å². The highest BCUT2D eigenvalue weighted by molar-refractivity contribution is 5.81. The van der Waals surface area contributed by atoms with Gasteiger partial charge in [-0.3, -0.25) is 4.79 Å². The lowest BCUT2D eigenvalue weighted by Gasteiger charge is -2.30. The van der Waals surface area contributed by atoms with E-state index in [1.165, 1.54) is 12.0 Å². The second-order valence-corrected chi connectivity index (χ2v) is 8.94. The number of amides is 1. The molecule has 0 saturated heterocycles. The number of carbonyl (C=O) groups excluding carboxylic acids is 1. The van der Waals surface area contributed by atoms with Crippen LogP contribution in [0.2, 0.25) is 0 Å². The third kappa shape index (κ3) is 7.67. The standard InChI is InChI=1S/C30H39NO/c1-7-12-29(21-24(5)6)31(30(32)28-13-10-9-11-14-28)22-25-16-19-27(20-17-25)26(8-2)18-15-23(3)4/h7-8,12,15-21,28H,2,5,9-11,13-14,22H2,1,3-4,6H3/b12-7-,26-18+,29-21+. The van der Waals surface area contributed by atoms with Crippen LogP contribution in [0.5, 0.6) is 0 Å². The molecule has 1 amide bonds. The van der Waals surface area contributed by atoms with Crippen LogP contribution in [0.3, 0.4) is 0 Å². The van der Waals surface area contributed by atoms with Crippen LogP contribution in [-0.4, -0.2) is 10.8 Å². The van der Waals surface area contributed by atoms with Gasteiger partial charge in [-0.2, -0.15) is 0 Å². The largest absolute Gasteiger partial charge is 0.308 e. The van der Waals surface area contributed by atoms with E-state index in [2.05, 4.69) is 63.4 Å². The van der Waals surface area contributed by atoms with Gasteiger partial charge in [0.05, 0.1) is 6.54 Å². The zero-order chi connectivity index (χ0) is 23.5. The Morgan fingerprint density at radius 3 is 2.25 bits per heavy atom. The van der Waals surface area contributed by atoms with E-state index >= 15 is 0 Å². The first-order valence-corrected chi connectivity index (χ1v) is 11.7. The van der Waals surface area contributed by atoms with Crippen LogP contribution in [0.1, 0.15) is 70.9 Å². The van der Waals surface area contributed by atoms with Crippen molar-refractivity contribution >= 4 is 11.5 Å². The molecule has 0 spiro atoms. The lowest BCUT2D eigenvalue weighted by Crippen LogP contribution is -2.35. The molecule has 0 unspecified atom stereocenters. The maximum absolute atomic E-state index is 13.6. The summed E-state index contributed by atoms with van der Waals surface area (Å²) in [5, 5.41) is 0. The lowest BCUT2D eigenvalue weighted by molar-refractivity contribution is -0.134. The van der Waals surface area contributed by atoms with Gasteiger partial charge < -0.3 is 4.90 Å². The first-order chi connectivity index (χ1) is 15.3. The van der Waals surface area contributed by atoms with Crippen molar-refractivity contribution in [2.75, 3.05) is 0 Å². The van der Waals surface area contributed by atoms with E-state index < -0.39 is 0 Å². The molecular weight excluding hydrogens is 390 g/mol. The topological polar surface area (TPSA) is 20.3 Å². The van der Waals surface area contributed by atoms with Crippen LogP contribution in [0, 0.1) is 5.92 Å². The average Bonchev–Trinajstić information content (AvgIpc) is 2.78. The Morgan fingerprint density at radius 2 is 1.72 bits per heavy atom. The Hall–Kier alpha value is -2.87. The highest BCUT2D eigenvalue weighted by Gasteiger charge is 2.27. The van der Waals surface area contributed by atoms with E-state index in [0.29, 0.717) is 6.54 Å². The van der Waals surface area contributed by atoms with E-state index in [1.54, 1.807) is 0 Å². The van der Waals surface area contributed by atoms with Crippen molar-refractivity contribution in [2.45, 2.75) is 66.3 Å². The molecule has 0 radical (unpaired) electrons. The van der Waals surface area contributed by atoms with E-state index in [4.69, 9.17) is 0 Å². The second kappa shape index (κ2) is 12.9. The number of rotatable bonds is 9. The summed E-state index contributed by atoms with van der Waals surface area (Å²) in [6, 6.07) is 8.46. The molecule has 1 aliphatic carbocycles. The molecule has 170 valence electrons. The minimum Gasteiger partial charge on any atom is -0.308 e. The molecular formula is C30H39NO. The molecule has 0 N–H and O–H groups in total. The Kier molecular flexibility index (Phi) is 10.2.